The minimum atomic E-state index is -4.72. The molecule has 1 atom stereocenters. The Kier molecular flexibility index (Phi) is 6.17. The van der Waals surface area contributed by atoms with Gasteiger partial charge >= 0.3 is 12.1 Å². The Bertz CT molecular complexity index is 398. The monoisotopic (exact) mass is 293 g/mol. The largest absolute Gasteiger partial charge is 0.481 e. The smallest absolute Gasteiger partial charge is 0.403 e. The topological polar surface area (TPSA) is 49.3 Å². The number of benzene rings is 1. The van der Waals surface area contributed by atoms with E-state index in [1.807, 2.05) is 30.3 Å². The summed E-state index contributed by atoms with van der Waals surface area (Å²) < 4.78 is 37.0. The molecular formula is C12H14F3NO2S. The summed E-state index contributed by atoms with van der Waals surface area (Å²) in [6, 6.07) is 9.43. The average Bonchev–Trinajstić information content (AvgIpc) is 2.32. The molecule has 2 N–H and O–H groups in total. The number of alkyl halides is 3. The Morgan fingerprint density at radius 3 is 2.47 bits per heavy atom. The zero-order chi connectivity index (χ0) is 14.3. The third kappa shape index (κ3) is 5.98. The van der Waals surface area contributed by atoms with Crippen LogP contribution in [0.1, 0.15) is 0 Å². The molecule has 0 aliphatic carbocycles. The van der Waals surface area contributed by atoms with Crippen molar-refractivity contribution >= 4 is 17.7 Å². The highest BCUT2D eigenvalue weighted by Gasteiger charge is 2.44. The zero-order valence-electron chi connectivity index (χ0n) is 9.98. The van der Waals surface area contributed by atoms with E-state index < -0.39 is 24.6 Å². The summed E-state index contributed by atoms with van der Waals surface area (Å²) in [4.78, 5) is 11.5. The molecule has 1 aromatic carbocycles. The van der Waals surface area contributed by atoms with Crippen molar-refractivity contribution in [2.45, 2.75) is 11.1 Å². The second kappa shape index (κ2) is 7.40. The highest BCUT2D eigenvalue weighted by Crippen LogP contribution is 2.25. The molecule has 0 aliphatic rings. The number of carboxylic acid groups (broad SMARTS) is 1. The Morgan fingerprint density at radius 2 is 1.95 bits per heavy atom. The highest BCUT2D eigenvalue weighted by atomic mass is 32.2. The standard InChI is InChI=1S/C12H14F3NO2S/c13-12(14,15)10(11(17)18)8-16-6-7-19-9-4-2-1-3-5-9/h1-5,10,16H,6-8H2,(H,17,18). The molecule has 0 radical (unpaired) electrons. The molecular weight excluding hydrogens is 279 g/mol. The number of aliphatic carboxylic acids is 1. The lowest BCUT2D eigenvalue weighted by molar-refractivity contribution is -0.192. The first-order valence-electron chi connectivity index (χ1n) is 5.59. The van der Waals surface area contributed by atoms with Crippen LogP contribution in [-0.4, -0.2) is 36.1 Å². The fourth-order valence-electron chi connectivity index (χ4n) is 1.35. The number of nitrogens with one attached hydrogen (secondary N) is 1. The van der Waals surface area contributed by atoms with E-state index in [1.54, 1.807) is 0 Å². The lowest BCUT2D eigenvalue weighted by Gasteiger charge is -2.16. The zero-order valence-corrected chi connectivity index (χ0v) is 10.8. The van der Waals surface area contributed by atoms with Gasteiger partial charge in [0.15, 0.2) is 5.92 Å². The van der Waals surface area contributed by atoms with Gasteiger partial charge in [-0.15, -0.1) is 11.8 Å². The number of thioether (sulfide) groups is 1. The third-order valence-electron chi connectivity index (χ3n) is 2.33. The molecule has 1 aromatic rings. The first kappa shape index (κ1) is 15.8. The van der Waals surface area contributed by atoms with Gasteiger partial charge in [0, 0.05) is 23.7 Å². The van der Waals surface area contributed by atoms with Crippen molar-refractivity contribution < 1.29 is 23.1 Å². The molecule has 7 heteroatoms. The van der Waals surface area contributed by atoms with Crippen molar-refractivity contribution in [2.24, 2.45) is 5.92 Å². The lowest BCUT2D eigenvalue weighted by Crippen LogP contribution is -2.39. The number of hydrogen-bond acceptors (Lipinski definition) is 3. The SMILES string of the molecule is O=C(O)C(CNCCSc1ccccc1)C(F)(F)F. The van der Waals surface area contributed by atoms with Crippen LogP contribution in [0.2, 0.25) is 0 Å². The van der Waals surface area contributed by atoms with Gasteiger partial charge in [0.25, 0.3) is 0 Å². The average molecular weight is 293 g/mol. The quantitative estimate of drug-likeness (QED) is 0.599. The van der Waals surface area contributed by atoms with Gasteiger partial charge in [-0.25, -0.2) is 0 Å². The molecule has 0 aliphatic heterocycles. The van der Waals surface area contributed by atoms with Crippen molar-refractivity contribution in [1.29, 1.82) is 0 Å². The van der Waals surface area contributed by atoms with Gasteiger partial charge in [0.05, 0.1) is 0 Å². The van der Waals surface area contributed by atoms with Crippen LogP contribution in [0.3, 0.4) is 0 Å². The van der Waals surface area contributed by atoms with Crippen LogP contribution in [0.4, 0.5) is 13.2 Å². The molecule has 0 saturated carbocycles. The van der Waals surface area contributed by atoms with E-state index >= 15 is 0 Å². The van der Waals surface area contributed by atoms with Gasteiger partial charge in [-0.1, -0.05) is 18.2 Å². The number of carbonyl (C=O) groups is 1. The number of halogens is 3. The van der Waals surface area contributed by atoms with Crippen molar-refractivity contribution in [3.05, 3.63) is 30.3 Å². The Balaban J connectivity index is 2.25. The van der Waals surface area contributed by atoms with Crippen LogP contribution < -0.4 is 5.32 Å². The van der Waals surface area contributed by atoms with Crippen LogP contribution in [0, 0.1) is 5.92 Å². The molecule has 0 saturated heterocycles. The van der Waals surface area contributed by atoms with E-state index in [4.69, 9.17) is 5.11 Å². The minimum absolute atomic E-state index is 0.319. The fraction of sp³-hybridized carbons (Fsp3) is 0.417. The van der Waals surface area contributed by atoms with Crippen LogP contribution in [0.15, 0.2) is 35.2 Å². The van der Waals surface area contributed by atoms with Crippen molar-refractivity contribution in [3.63, 3.8) is 0 Å². The molecule has 0 amide bonds. The maximum Gasteiger partial charge on any atom is 0.403 e. The van der Waals surface area contributed by atoms with E-state index in [9.17, 15) is 18.0 Å². The summed E-state index contributed by atoms with van der Waals surface area (Å²) in [7, 11) is 0. The van der Waals surface area contributed by atoms with Gasteiger partial charge in [0.1, 0.15) is 0 Å². The maximum absolute atomic E-state index is 12.3. The number of rotatable bonds is 7. The first-order valence-corrected chi connectivity index (χ1v) is 6.58. The minimum Gasteiger partial charge on any atom is -0.481 e. The second-order valence-electron chi connectivity index (χ2n) is 3.80. The van der Waals surface area contributed by atoms with Crippen LogP contribution in [0.25, 0.3) is 0 Å². The van der Waals surface area contributed by atoms with E-state index in [0.29, 0.717) is 12.3 Å². The molecule has 1 unspecified atom stereocenters. The van der Waals surface area contributed by atoms with Crippen LogP contribution in [-0.2, 0) is 4.79 Å². The van der Waals surface area contributed by atoms with Gasteiger partial charge in [0.2, 0.25) is 0 Å². The normalized spacial score (nSPS) is 13.2. The van der Waals surface area contributed by atoms with Crippen LogP contribution in [0.5, 0.6) is 0 Å². The lowest BCUT2D eigenvalue weighted by atomic mass is 10.1. The van der Waals surface area contributed by atoms with E-state index in [2.05, 4.69) is 5.32 Å². The van der Waals surface area contributed by atoms with Crippen LogP contribution >= 0.6 is 11.8 Å². The molecule has 19 heavy (non-hydrogen) atoms. The molecule has 0 fully saturated rings. The van der Waals surface area contributed by atoms with E-state index in [1.165, 1.54) is 11.8 Å². The molecule has 0 heterocycles. The summed E-state index contributed by atoms with van der Waals surface area (Å²) >= 11 is 1.50. The van der Waals surface area contributed by atoms with Gasteiger partial charge in [-0.3, -0.25) is 4.79 Å². The molecule has 0 spiro atoms. The van der Waals surface area contributed by atoms with E-state index in [-0.39, 0.29) is 0 Å². The van der Waals surface area contributed by atoms with Crippen molar-refractivity contribution in [1.82, 2.24) is 5.32 Å². The predicted octanol–water partition coefficient (Wildman–Crippen LogP) is 2.63. The van der Waals surface area contributed by atoms with Crippen molar-refractivity contribution in [3.8, 4) is 0 Å². The van der Waals surface area contributed by atoms with Gasteiger partial charge < -0.3 is 10.4 Å². The Morgan fingerprint density at radius 1 is 1.32 bits per heavy atom. The van der Waals surface area contributed by atoms with Gasteiger partial charge in [-0.2, -0.15) is 13.2 Å². The summed E-state index contributed by atoms with van der Waals surface area (Å²) in [5.41, 5.74) is 0. The summed E-state index contributed by atoms with van der Waals surface area (Å²) in [5, 5.41) is 11.0. The molecule has 3 nitrogen and oxygen atoms in total. The maximum atomic E-state index is 12.3. The number of hydrogen-bond donors (Lipinski definition) is 2. The van der Waals surface area contributed by atoms with Crippen molar-refractivity contribution in [2.75, 3.05) is 18.8 Å². The molecule has 0 bridgehead atoms. The predicted molar refractivity (Wildman–Crippen MR) is 67.2 cm³/mol. The molecule has 0 aromatic heterocycles. The summed E-state index contributed by atoms with van der Waals surface area (Å²) in [6.45, 7) is -0.284. The summed E-state index contributed by atoms with van der Waals surface area (Å²) in [5.74, 6) is -3.63. The highest BCUT2D eigenvalue weighted by molar-refractivity contribution is 7.99. The molecule has 106 valence electrons. The first-order chi connectivity index (χ1) is 8.91. The Labute approximate surface area is 113 Å². The third-order valence-corrected chi connectivity index (χ3v) is 3.35. The Hall–Kier alpha value is -1.21. The summed E-state index contributed by atoms with van der Waals surface area (Å²) in [6.07, 6.45) is -4.72. The van der Waals surface area contributed by atoms with E-state index in [0.717, 1.165) is 4.90 Å². The molecule has 1 rings (SSSR count). The second-order valence-corrected chi connectivity index (χ2v) is 4.97. The fourth-order valence-corrected chi connectivity index (χ4v) is 2.18. The van der Waals surface area contributed by atoms with Gasteiger partial charge in [-0.05, 0) is 12.1 Å². The number of carboxylic acids is 1.